The summed E-state index contributed by atoms with van der Waals surface area (Å²) in [5.41, 5.74) is 5.99. The molecule has 2 rings (SSSR count). The summed E-state index contributed by atoms with van der Waals surface area (Å²) in [6, 6.07) is 1.63. The number of nitrogen functional groups attached to an aromatic ring is 1. The third-order valence-corrected chi connectivity index (χ3v) is 2.66. The first-order valence-electron chi connectivity index (χ1n) is 4.23. The predicted octanol–water partition coefficient (Wildman–Crippen LogP) is 2.74. The molecule has 1 aromatic carbocycles. The highest BCUT2D eigenvalue weighted by Crippen LogP contribution is 2.44. The van der Waals surface area contributed by atoms with Gasteiger partial charge in [-0.15, -0.1) is 0 Å². The highest BCUT2D eigenvalue weighted by Gasteiger charge is 2.18. The van der Waals surface area contributed by atoms with Crippen LogP contribution in [0.25, 0.3) is 0 Å². The summed E-state index contributed by atoms with van der Waals surface area (Å²) in [5, 5.41) is 0.716. The molecule has 0 aliphatic carbocycles. The molecule has 0 saturated heterocycles. The highest BCUT2D eigenvalue weighted by atomic mass is 35.5. The van der Waals surface area contributed by atoms with Crippen LogP contribution < -0.4 is 15.2 Å². The van der Waals surface area contributed by atoms with Gasteiger partial charge in [-0.25, -0.2) is 0 Å². The van der Waals surface area contributed by atoms with Crippen LogP contribution in [0, 0.1) is 0 Å². The molecular weight excluding hydrogens is 225 g/mol. The number of rotatable bonds is 0. The Balaban J connectivity index is 2.55. The van der Waals surface area contributed by atoms with Crippen molar-refractivity contribution in [3.63, 3.8) is 0 Å². The van der Waals surface area contributed by atoms with Gasteiger partial charge in [0, 0.05) is 12.5 Å². The summed E-state index contributed by atoms with van der Waals surface area (Å²) in [5.74, 6) is 1.05. The number of benzene rings is 1. The molecule has 5 heteroatoms. The van der Waals surface area contributed by atoms with Crippen molar-refractivity contribution in [3.05, 3.63) is 16.1 Å². The number of hydrogen-bond donors (Lipinski definition) is 1. The van der Waals surface area contributed by atoms with Crippen molar-refractivity contribution in [2.75, 3.05) is 18.9 Å². The molecule has 0 fully saturated rings. The van der Waals surface area contributed by atoms with Crippen LogP contribution in [0.1, 0.15) is 6.42 Å². The zero-order valence-corrected chi connectivity index (χ0v) is 8.86. The van der Waals surface area contributed by atoms with Gasteiger partial charge >= 0.3 is 0 Å². The van der Waals surface area contributed by atoms with E-state index in [-0.39, 0.29) is 0 Å². The van der Waals surface area contributed by atoms with E-state index in [1.165, 1.54) is 0 Å². The van der Waals surface area contributed by atoms with Crippen molar-refractivity contribution < 1.29 is 9.47 Å². The van der Waals surface area contributed by atoms with Crippen molar-refractivity contribution in [2.45, 2.75) is 6.42 Å². The molecular formula is C9H9Cl2NO2. The lowest BCUT2D eigenvalue weighted by Crippen LogP contribution is -1.97. The van der Waals surface area contributed by atoms with Crippen LogP contribution in [0.3, 0.4) is 0 Å². The van der Waals surface area contributed by atoms with Gasteiger partial charge in [0.25, 0.3) is 0 Å². The number of nitrogens with two attached hydrogens (primary N) is 1. The fourth-order valence-corrected chi connectivity index (χ4v) is 1.74. The fraction of sp³-hybridized carbons (Fsp3) is 0.333. The fourth-order valence-electron chi connectivity index (χ4n) is 1.25. The topological polar surface area (TPSA) is 44.5 Å². The minimum absolute atomic E-state index is 0.328. The molecule has 76 valence electrons. The normalized spacial score (nSPS) is 15.0. The largest absolute Gasteiger partial charge is 0.489 e. The lowest BCUT2D eigenvalue weighted by molar-refractivity contribution is 0.297. The van der Waals surface area contributed by atoms with Gasteiger partial charge in [-0.3, -0.25) is 0 Å². The van der Waals surface area contributed by atoms with E-state index in [4.69, 9.17) is 38.4 Å². The summed E-state index contributed by atoms with van der Waals surface area (Å²) < 4.78 is 10.8. The summed E-state index contributed by atoms with van der Waals surface area (Å²) in [6.07, 6.45) is 0.822. The first-order valence-corrected chi connectivity index (χ1v) is 4.99. The highest BCUT2D eigenvalue weighted by molar-refractivity contribution is 6.40. The Labute approximate surface area is 91.7 Å². The Morgan fingerprint density at radius 2 is 1.93 bits per heavy atom. The Morgan fingerprint density at radius 3 is 2.71 bits per heavy atom. The first kappa shape index (κ1) is 9.74. The molecule has 2 N–H and O–H groups in total. The van der Waals surface area contributed by atoms with Gasteiger partial charge in [0.2, 0.25) is 0 Å². The lowest BCUT2D eigenvalue weighted by atomic mass is 10.3. The number of hydrogen-bond acceptors (Lipinski definition) is 3. The SMILES string of the molecule is Nc1c(Cl)cc2c(c1Cl)OCCCO2. The molecule has 0 amide bonds. The molecule has 14 heavy (non-hydrogen) atoms. The van der Waals surface area contributed by atoms with Crippen LogP contribution in [0.15, 0.2) is 6.07 Å². The van der Waals surface area contributed by atoms with E-state index in [9.17, 15) is 0 Å². The molecule has 1 aliphatic rings. The first-order chi connectivity index (χ1) is 6.70. The molecule has 0 atom stereocenters. The average molecular weight is 234 g/mol. The molecule has 0 bridgehead atoms. The van der Waals surface area contributed by atoms with Crippen LogP contribution in [0.5, 0.6) is 11.5 Å². The Hall–Kier alpha value is -0.800. The molecule has 1 heterocycles. The van der Waals surface area contributed by atoms with Crippen molar-refractivity contribution in [1.29, 1.82) is 0 Å². The van der Waals surface area contributed by atoms with Gasteiger partial charge in [-0.05, 0) is 0 Å². The maximum absolute atomic E-state index is 5.97. The Morgan fingerprint density at radius 1 is 1.21 bits per heavy atom. The minimum Gasteiger partial charge on any atom is -0.489 e. The summed E-state index contributed by atoms with van der Waals surface area (Å²) >= 11 is 11.8. The van der Waals surface area contributed by atoms with E-state index in [2.05, 4.69) is 0 Å². The maximum Gasteiger partial charge on any atom is 0.181 e. The second-order valence-corrected chi connectivity index (χ2v) is 3.75. The van der Waals surface area contributed by atoms with Crippen LogP contribution in [-0.4, -0.2) is 13.2 Å². The third kappa shape index (κ3) is 1.57. The lowest BCUT2D eigenvalue weighted by Gasteiger charge is -2.11. The van der Waals surface area contributed by atoms with Crippen molar-refractivity contribution in [2.24, 2.45) is 0 Å². The summed E-state index contributed by atoms with van der Waals surface area (Å²) in [6.45, 7) is 1.18. The monoisotopic (exact) mass is 233 g/mol. The zero-order chi connectivity index (χ0) is 10.1. The molecule has 0 saturated carbocycles. The predicted molar refractivity (Wildman–Crippen MR) is 56.5 cm³/mol. The molecule has 3 nitrogen and oxygen atoms in total. The smallest absolute Gasteiger partial charge is 0.181 e. The van der Waals surface area contributed by atoms with E-state index >= 15 is 0 Å². The van der Waals surface area contributed by atoms with Gasteiger partial charge < -0.3 is 15.2 Å². The van der Waals surface area contributed by atoms with Crippen LogP contribution >= 0.6 is 23.2 Å². The van der Waals surface area contributed by atoms with Crippen molar-refractivity contribution >= 4 is 28.9 Å². The molecule has 0 unspecified atom stereocenters. The molecule has 0 aromatic heterocycles. The summed E-state index contributed by atoms with van der Waals surface area (Å²) in [7, 11) is 0. The van der Waals surface area contributed by atoms with Gasteiger partial charge in [0.15, 0.2) is 11.5 Å². The van der Waals surface area contributed by atoms with Gasteiger partial charge in [0.05, 0.1) is 23.9 Å². The second-order valence-electron chi connectivity index (χ2n) is 2.96. The van der Waals surface area contributed by atoms with Crippen LogP contribution in [0.2, 0.25) is 10.0 Å². The van der Waals surface area contributed by atoms with E-state index in [1.807, 2.05) is 0 Å². The van der Waals surface area contributed by atoms with E-state index in [0.717, 1.165) is 6.42 Å². The van der Waals surface area contributed by atoms with Gasteiger partial charge in [-0.1, -0.05) is 23.2 Å². The third-order valence-electron chi connectivity index (χ3n) is 1.97. The molecule has 1 aliphatic heterocycles. The van der Waals surface area contributed by atoms with E-state index < -0.39 is 0 Å². The number of halogens is 2. The molecule has 0 radical (unpaired) electrons. The van der Waals surface area contributed by atoms with Crippen LogP contribution in [-0.2, 0) is 0 Å². The molecule has 0 spiro atoms. The summed E-state index contributed by atoms with van der Waals surface area (Å²) in [4.78, 5) is 0. The average Bonchev–Trinajstić information content (AvgIpc) is 2.39. The van der Waals surface area contributed by atoms with E-state index in [1.54, 1.807) is 6.07 Å². The van der Waals surface area contributed by atoms with Crippen molar-refractivity contribution in [3.8, 4) is 11.5 Å². The number of fused-ring (bicyclic) bond motifs is 1. The second kappa shape index (κ2) is 3.75. The number of ether oxygens (including phenoxy) is 2. The van der Waals surface area contributed by atoms with Crippen LogP contribution in [0.4, 0.5) is 5.69 Å². The van der Waals surface area contributed by atoms with Crippen molar-refractivity contribution in [1.82, 2.24) is 0 Å². The zero-order valence-electron chi connectivity index (χ0n) is 7.35. The standard InChI is InChI=1S/C9H9Cl2NO2/c10-5-4-6-9(7(11)8(5)12)14-3-1-2-13-6/h4H,1-3,12H2. The van der Waals surface area contributed by atoms with Gasteiger partial charge in [-0.2, -0.15) is 0 Å². The number of anilines is 1. The molecule has 1 aromatic rings. The quantitative estimate of drug-likeness (QED) is 0.702. The van der Waals surface area contributed by atoms with E-state index in [0.29, 0.717) is 40.4 Å². The van der Waals surface area contributed by atoms with Gasteiger partial charge in [0.1, 0.15) is 5.02 Å². The Bertz CT molecular complexity index is 368. The maximum atomic E-state index is 5.97. The minimum atomic E-state index is 0.328. The Kier molecular flexibility index (Phi) is 2.61.